The highest BCUT2D eigenvalue weighted by Gasteiger charge is 2.41. The van der Waals surface area contributed by atoms with Gasteiger partial charge in [0.25, 0.3) is 5.91 Å². The van der Waals surface area contributed by atoms with Crippen molar-refractivity contribution < 1.29 is 9.18 Å². The highest BCUT2D eigenvalue weighted by atomic mass is 19.1. The number of carbonyl (C=O) groups excluding carboxylic acids is 1. The van der Waals surface area contributed by atoms with Crippen molar-refractivity contribution in [3.05, 3.63) is 82.2 Å². The van der Waals surface area contributed by atoms with Crippen LogP contribution in [0.1, 0.15) is 18.4 Å². The summed E-state index contributed by atoms with van der Waals surface area (Å²) in [7, 11) is 0. The van der Waals surface area contributed by atoms with Gasteiger partial charge in [0.1, 0.15) is 11.7 Å². The molecule has 1 aliphatic heterocycles. The molecule has 6 nitrogen and oxygen atoms in total. The lowest BCUT2D eigenvalue weighted by Crippen LogP contribution is -2.49. The third kappa shape index (κ3) is 3.37. The summed E-state index contributed by atoms with van der Waals surface area (Å²) in [4.78, 5) is 28.2. The van der Waals surface area contributed by atoms with Gasteiger partial charge in [-0.15, -0.1) is 4.91 Å². The molecule has 1 fully saturated rings. The second-order valence-electron chi connectivity index (χ2n) is 5.96. The van der Waals surface area contributed by atoms with E-state index in [1.54, 1.807) is 19.1 Å². The Kier molecular flexibility index (Phi) is 4.88. The van der Waals surface area contributed by atoms with Gasteiger partial charge in [0.15, 0.2) is 6.04 Å². The van der Waals surface area contributed by atoms with Crippen molar-refractivity contribution in [2.45, 2.75) is 18.9 Å². The monoisotopic (exact) mass is 352 g/mol. The molecule has 0 radical (unpaired) electrons. The molecule has 1 saturated heterocycles. The number of benzene rings is 2. The number of amides is 1. The van der Waals surface area contributed by atoms with Crippen LogP contribution in [0.3, 0.4) is 0 Å². The maximum atomic E-state index is 13.3. The van der Waals surface area contributed by atoms with Crippen LogP contribution < -0.4 is 11.1 Å². The largest absolute Gasteiger partial charge is 0.402 e. The number of nitroso groups, excluding NO2 is 1. The predicted octanol–water partition coefficient (Wildman–Crippen LogP) is 3.14. The quantitative estimate of drug-likeness (QED) is 0.831. The summed E-state index contributed by atoms with van der Waals surface area (Å²) in [5.74, 6) is -1.48. The zero-order valence-electron chi connectivity index (χ0n) is 14.0. The molecule has 2 aromatic carbocycles. The highest BCUT2D eigenvalue weighted by molar-refractivity contribution is 6.14. The first-order valence-electron chi connectivity index (χ1n) is 8.00. The first kappa shape index (κ1) is 17.5. The Hall–Kier alpha value is -3.35. The maximum absolute atomic E-state index is 13.3. The first-order chi connectivity index (χ1) is 12.5. The Balaban J connectivity index is 2.16. The molecule has 1 aliphatic rings. The third-order valence-electron chi connectivity index (χ3n) is 4.16. The molecular formula is C19H17FN4O2. The zero-order valence-corrected chi connectivity index (χ0v) is 14.0. The summed E-state index contributed by atoms with van der Waals surface area (Å²) < 4.78 is 13.3. The van der Waals surface area contributed by atoms with Crippen LogP contribution in [0.25, 0.3) is 0 Å². The van der Waals surface area contributed by atoms with Crippen LogP contribution >= 0.6 is 0 Å². The number of nitrogens with two attached hydrogens (primary N) is 1. The molecule has 0 unspecified atom stereocenters. The van der Waals surface area contributed by atoms with Crippen molar-refractivity contribution in [2.75, 3.05) is 0 Å². The molecule has 3 N–H and O–H groups in total. The number of hydrogen-bond acceptors (Lipinski definition) is 5. The first-order valence-corrected chi connectivity index (χ1v) is 8.00. The summed E-state index contributed by atoms with van der Waals surface area (Å²) in [6.45, 7) is 1.66. The fraction of sp³-hybridized carbons (Fsp3) is 0.158. The standard InChI is InChI=1S/C19H17FN4O2/c1-11(21)15-16(12-7-9-13(20)10-8-12)17(24-26)19(25)23-18(15)22-14-5-3-2-4-6-14/h2-10,16-17H,21H2,1H3,(H,22,23,25)/t16-,17-/m0/s1. The number of hydrogen-bond donors (Lipinski definition) is 2. The van der Waals surface area contributed by atoms with E-state index in [4.69, 9.17) is 5.73 Å². The number of rotatable bonds is 3. The number of carbonyl (C=O) groups is 1. The third-order valence-corrected chi connectivity index (χ3v) is 4.16. The number of nitrogens with one attached hydrogen (secondary N) is 1. The number of amidine groups is 1. The molecule has 7 heteroatoms. The van der Waals surface area contributed by atoms with Crippen LogP contribution in [0.4, 0.5) is 10.1 Å². The number of para-hydroxylation sites is 1. The van der Waals surface area contributed by atoms with E-state index < -0.39 is 23.7 Å². The summed E-state index contributed by atoms with van der Waals surface area (Å²) in [5, 5.41) is 5.60. The lowest BCUT2D eigenvalue weighted by molar-refractivity contribution is -0.121. The van der Waals surface area contributed by atoms with Gasteiger partial charge in [-0.1, -0.05) is 35.5 Å². The van der Waals surface area contributed by atoms with Crippen LogP contribution in [0.15, 0.2) is 76.0 Å². The topological polar surface area (TPSA) is 96.9 Å². The van der Waals surface area contributed by atoms with Crippen LogP contribution in [0.2, 0.25) is 0 Å². The summed E-state index contributed by atoms with van der Waals surface area (Å²) >= 11 is 0. The average Bonchev–Trinajstić information content (AvgIpc) is 2.62. The van der Waals surface area contributed by atoms with Gasteiger partial charge in [0.05, 0.1) is 5.69 Å². The van der Waals surface area contributed by atoms with Crippen molar-refractivity contribution in [3.63, 3.8) is 0 Å². The van der Waals surface area contributed by atoms with E-state index in [0.717, 1.165) is 0 Å². The smallest absolute Gasteiger partial charge is 0.255 e. The summed E-state index contributed by atoms with van der Waals surface area (Å²) in [6.07, 6.45) is 0. The van der Waals surface area contributed by atoms with Crippen molar-refractivity contribution in [1.29, 1.82) is 0 Å². The Bertz CT molecular complexity index is 888. The Morgan fingerprint density at radius 3 is 2.35 bits per heavy atom. The molecule has 2 aromatic rings. The zero-order chi connectivity index (χ0) is 18.7. The highest BCUT2D eigenvalue weighted by Crippen LogP contribution is 2.35. The van der Waals surface area contributed by atoms with Gasteiger partial charge in [-0.2, -0.15) is 0 Å². The molecule has 0 aromatic heterocycles. The van der Waals surface area contributed by atoms with Crippen molar-refractivity contribution in [3.8, 4) is 0 Å². The summed E-state index contributed by atoms with van der Waals surface area (Å²) in [6, 6.07) is 13.4. The van der Waals surface area contributed by atoms with E-state index in [-0.39, 0.29) is 5.84 Å². The van der Waals surface area contributed by atoms with Gasteiger partial charge in [-0.3, -0.25) is 4.79 Å². The minimum Gasteiger partial charge on any atom is -0.402 e. The number of allylic oxidation sites excluding steroid dienone is 1. The second-order valence-corrected chi connectivity index (χ2v) is 5.96. The van der Waals surface area contributed by atoms with E-state index in [0.29, 0.717) is 22.5 Å². The van der Waals surface area contributed by atoms with E-state index >= 15 is 0 Å². The number of piperidine rings is 1. The molecular weight excluding hydrogens is 335 g/mol. The van der Waals surface area contributed by atoms with Gasteiger partial charge in [0.2, 0.25) is 0 Å². The van der Waals surface area contributed by atoms with Crippen LogP contribution in [-0.2, 0) is 4.79 Å². The number of nitrogens with zero attached hydrogens (tertiary/aromatic N) is 2. The fourth-order valence-corrected chi connectivity index (χ4v) is 2.99. The Morgan fingerprint density at radius 1 is 1.12 bits per heavy atom. The summed E-state index contributed by atoms with van der Waals surface area (Å²) in [5.41, 5.74) is 8.13. The number of aliphatic imine (C=N–C) groups is 1. The molecule has 1 heterocycles. The van der Waals surface area contributed by atoms with Gasteiger partial charge in [-0.05, 0) is 36.8 Å². The minimum absolute atomic E-state index is 0.260. The molecule has 1 amide bonds. The maximum Gasteiger partial charge on any atom is 0.255 e. The fourth-order valence-electron chi connectivity index (χ4n) is 2.99. The van der Waals surface area contributed by atoms with Crippen LogP contribution in [0, 0.1) is 10.7 Å². The molecule has 0 saturated carbocycles. The molecule has 2 atom stereocenters. The lowest BCUT2D eigenvalue weighted by Gasteiger charge is -2.31. The Morgan fingerprint density at radius 2 is 1.77 bits per heavy atom. The lowest BCUT2D eigenvalue weighted by atomic mass is 9.80. The van der Waals surface area contributed by atoms with Crippen molar-refractivity contribution >= 4 is 17.4 Å². The number of halogens is 1. The minimum atomic E-state index is -1.22. The molecule has 26 heavy (non-hydrogen) atoms. The average molecular weight is 352 g/mol. The normalized spacial score (nSPS) is 23.5. The van der Waals surface area contributed by atoms with Crippen LogP contribution in [-0.4, -0.2) is 17.8 Å². The van der Waals surface area contributed by atoms with E-state index in [1.165, 1.54) is 24.3 Å². The van der Waals surface area contributed by atoms with Crippen LogP contribution in [0.5, 0.6) is 0 Å². The van der Waals surface area contributed by atoms with E-state index in [9.17, 15) is 14.1 Å². The molecule has 132 valence electrons. The van der Waals surface area contributed by atoms with Gasteiger partial charge >= 0.3 is 0 Å². The van der Waals surface area contributed by atoms with E-state index in [1.807, 2.05) is 18.2 Å². The van der Waals surface area contributed by atoms with Gasteiger partial charge in [0, 0.05) is 17.2 Å². The molecule has 0 bridgehead atoms. The predicted molar refractivity (Wildman–Crippen MR) is 97.3 cm³/mol. The van der Waals surface area contributed by atoms with Crippen molar-refractivity contribution in [2.24, 2.45) is 15.9 Å². The van der Waals surface area contributed by atoms with Gasteiger partial charge in [-0.25, -0.2) is 9.38 Å². The molecule has 3 rings (SSSR count). The SMILES string of the molecule is CC(N)=C1C(=Nc2ccccc2)NC(=O)[C@@H](N=O)[C@H]1c1ccc(F)cc1. The Labute approximate surface area is 149 Å². The van der Waals surface area contributed by atoms with Crippen molar-refractivity contribution in [1.82, 2.24) is 5.32 Å². The molecule has 0 spiro atoms. The van der Waals surface area contributed by atoms with E-state index in [2.05, 4.69) is 15.5 Å². The second kappa shape index (κ2) is 7.26. The molecule has 0 aliphatic carbocycles. The van der Waals surface area contributed by atoms with Gasteiger partial charge < -0.3 is 11.1 Å².